The molecule has 2 N–H and O–H groups in total. The van der Waals surface area contributed by atoms with E-state index in [1.165, 1.54) is 16.7 Å². The van der Waals surface area contributed by atoms with Crippen LogP contribution in [0, 0.1) is 0 Å². The van der Waals surface area contributed by atoms with Crippen molar-refractivity contribution in [3.8, 4) is 0 Å². The van der Waals surface area contributed by atoms with E-state index in [0.29, 0.717) is 5.11 Å². The summed E-state index contributed by atoms with van der Waals surface area (Å²) < 4.78 is 0. The van der Waals surface area contributed by atoms with Gasteiger partial charge in [0, 0.05) is 24.6 Å². The Labute approximate surface area is 156 Å². The number of hydrogen-bond acceptors (Lipinski definition) is 3. The van der Waals surface area contributed by atoms with E-state index in [2.05, 4.69) is 72.7 Å². The molecule has 1 aromatic heterocycles. The molecule has 0 saturated carbocycles. The minimum atomic E-state index is 0.209. The molecule has 0 spiro atoms. The van der Waals surface area contributed by atoms with E-state index in [9.17, 15) is 0 Å². The van der Waals surface area contributed by atoms with Gasteiger partial charge in [-0.05, 0) is 61.9 Å². The van der Waals surface area contributed by atoms with Crippen molar-refractivity contribution >= 4 is 23.0 Å². The molecule has 2 aromatic rings. The van der Waals surface area contributed by atoms with E-state index in [1.807, 2.05) is 12.3 Å². The van der Waals surface area contributed by atoms with E-state index in [0.717, 1.165) is 25.1 Å². The van der Waals surface area contributed by atoms with Crippen molar-refractivity contribution in [2.75, 3.05) is 26.0 Å². The second-order valence-electron chi connectivity index (χ2n) is 6.26. The Balaban J connectivity index is 2.05. The fourth-order valence-electron chi connectivity index (χ4n) is 2.92. The fourth-order valence-corrected chi connectivity index (χ4v) is 3.11. The molecule has 5 heteroatoms. The van der Waals surface area contributed by atoms with E-state index in [1.54, 1.807) is 6.20 Å². The number of nitrogens with one attached hydrogen (secondary N) is 2. The number of likely N-dealkylation sites (N-methyl/N-ethyl adjacent to an activating group) is 1. The molecule has 0 aliphatic heterocycles. The van der Waals surface area contributed by atoms with Crippen LogP contribution in [0.5, 0.6) is 0 Å². The third kappa shape index (κ3) is 5.25. The number of rotatable bonds is 7. The summed E-state index contributed by atoms with van der Waals surface area (Å²) in [5.74, 6) is 0. The van der Waals surface area contributed by atoms with Gasteiger partial charge >= 0.3 is 0 Å². The van der Waals surface area contributed by atoms with Crippen LogP contribution in [-0.2, 0) is 12.8 Å². The Morgan fingerprint density at radius 2 is 1.80 bits per heavy atom. The maximum absolute atomic E-state index is 5.55. The first-order valence-electron chi connectivity index (χ1n) is 8.78. The first-order valence-corrected chi connectivity index (χ1v) is 9.19. The maximum atomic E-state index is 5.55. The largest absolute Gasteiger partial charge is 0.361 e. The van der Waals surface area contributed by atoms with Crippen LogP contribution in [0.2, 0.25) is 0 Å². The van der Waals surface area contributed by atoms with Crippen LogP contribution in [0.25, 0.3) is 0 Å². The van der Waals surface area contributed by atoms with E-state index < -0.39 is 0 Å². The van der Waals surface area contributed by atoms with Gasteiger partial charge < -0.3 is 15.5 Å². The van der Waals surface area contributed by atoms with Crippen molar-refractivity contribution in [3.63, 3.8) is 0 Å². The van der Waals surface area contributed by atoms with Crippen molar-refractivity contribution in [1.29, 1.82) is 0 Å². The molecule has 25 heavy (non-hydrogen) atoms. The van der Waals surface area contributed by atoms with Crippen molar-refractivity contribution in [2.24, 2.45) is 0 Å². The number of para-hydroxylation sites is 1. The zero-order valence-electron chi connectivity index (χ0n) is 15.5. The third-order valence-electron chi connectivity index (χ3n) is 4.39. The molecular weight excluding hydrogens is 328 g/mol. The summed E-state index contributed by atoms with van der Waals surface area (Å²) in [7, 11) is 4.13. The molecule has 0 radical (unpaired) electrons. The van der Waals surface area contributed by atoms with Gasteiger partial charge in [0.05, 0.1) is 6.04 Å². The molecule has 1 atom stereocenters. The summed E-state index contributed by atoms with van der Waals surface area (Å²) in [6.07, 6.45) is 5.66. The van der Waals surface area contributed by atoms with Gasteiger partial charge in [0.1, 0.15) is 0 Å². The highest BCUT2D eigenvalue weighted by atomic mass is 32.1. The first kappa shape index (κ1) is 19.3. The quantitative estimate of drug-likeness (QED) is 0.739. The Morgan fingerprint density at radius 3 is 2.32 bits per heavy atom. The second kappa shape index (κ2) is 9.49. The van der Waals surface area contributed by atoms with Crippen molar-refractivity contribution in [2.45, 2.75) is 32.7 Å². The molecular formula is C20H28N4S. The summed E-state index contributed by atoms with van der Waals surface area (Å²) in [6, 6.07) is 10.7. The van der Waals surface area contributed by atoms with Gasteiger partial charge in [-0.1, -0.05) is 38.1 Å². The third-order valence-corrected chi connectivity index (χ3v) is 4.63. The highest BCUT2D eigenvalue weighted by Gasteiger charge is 2.15. The van der Waals surface area contributed by atoms with Crippen molar-refractivity contribution in [1.82, 2.24) is 15.2 Å². The minimum absolute atomic E-state index is 0.209. The van der Waals surface area contributed by atoms with Crippen LogP contribution < -0.4 is 10.6 Å². The zero-order valence-corrected chi connectivity index (χ0v) is 16.4. The van der Waals surface area contributed by atoms with Gasteiger partial charge in [-0.15, -0.1) is 0 Å². The molecule has 1 heterocycles. The fraction of sp³-hybridized carbons (Fsp3) is 0.400. The highest BCUT2D eigenvalue weighted by molar-refractivity contribution is 7.80. The first-order chi connectivity index (χ1) is 12.1. The Kier molecular flexibility index (Phi) is 7.34. The average molecular weight is 357 g/mol. The van der Waals surface area contributed by atoms with Crippen molar-refractivity contribution in [3.05, 3.63) is 59.4 Å². The van der Waals surface area contributed by atoms with E-state index in [4.69, 9.17) is 12.2 Å². The number of anilines is 1. The number of hydrogen-bond donors (Lipinski definition) is 2. The average Bonchev–Trinajstić information content (AvgIpc) is 2.62. The standard InChI is InChI=1S/C20H28N4S/c1-5-15-9-7-10-16(6-2)19(15)23-20(25)22-14-18(24(3)4)17-11-8-12-21-13-17/h7-13,18H,5-6,14H2,1-4H3,(H2,22,23,25)/t18-/m1/s1. The summed E-state index contributed by atoms with van der Waals surface area (Å²) in [6.45, 7) is 5.06. The highest BCUT2D eigenvalue weighted by Crippen LogP contribution is 2.22. The van der Waals surface area contributed by atoms with Gasteiger partial charge in [-0.25, -0.2) is 0 Å². The molecule has 0 aliphatic rings. The monoisotopic (exact) mass is 356 g/mol. The van der Waals surface area contributed by atoms with Gasteiger partial charge in [0.25, 0.3) is 0 Å². The van der Waals surface area contributed by atoms with Crippen LogP contribution in [0.1, 0.15) is 36.6 Å². The van der Waals surface area contributed by atoms with Crippen LogP contribution in [0.3, 0.4) is 0 Å². The molecule has 134 valence electrons. The molecule has 0 amide bonds. The number of aromatic nitrogens is 1. The zero-order chi connectivity index (χ0) is 18.2. The van der Waals surface area contributed by atoms with Gasteiger partial charge in [0.2, 0.25) is 0 Å². The maximum Gasteiger partial charge on any atom is 0.170 e. The minimum Gasteiger partial charge on any atom is -0.361 e. The molecule has 0 aliphatic carbocycles. The van der Waals surface area contributed by atoms with Gasteiger partial charge in [-0.2, -0.15) is 0 Å². The summed E-state index contributed by atoms with van der Waals surface area (Å²) >= 11 is 5.55. The Bertz CT molecular complexity index is 663. The number of nitrogens with zero attached hydrogens (tertiary/aromatic N) is 2. The van der Waals surface area contributed by atoms with Crippen LogP contribution in [-0.4, -0.2) is 35.6 Å². The predicted octanol–water partition coefficient (Wildman–Crippen LogP) is 3.80. The SMILES string of the molecule is CCc1cccc(CC)c1NC(=S)NC[C@H](c1cccnc1)N(C)C. The number of thiocarbonyl (C=S) groups is 1. The van der Waals surface area contributed by atoms with E-state index >= 15 is 0 Å². The van der Waals surface area contributed by atoms with E-state index in [-0.39, 0.29) is 6.04 Å². The second-order valence-corrected chi connectivity index (χ2v) is 6.67. The summed E-state index contributed by atoms with van der Waals surface area (Å²) in [5.41, 5.74) is 4.90. The topological polar surface area (TPSA) is 40.2 Å². The lowest BCUT2D eigenvalue weighted by Gasteiger charge is -2.26. The Morgan fingerprint density at radius 1 is 1.12 bits per heavy atom. The summed E-state index contributed by atoms with van der Waals surface area (Å²) in [5, 5.41) is 7.44. The lowest BCUT2D eigenvalue weighted by atomic mass is 10.0. The molecule has 1 aromatic carbocycles. The van der Waals surface area contributed by atoms with Crippen LogP contribution >= 0.6 is 12.2 Å². The molecule has 0 fully saturated rings. The lowest BCUT2D eigenvalue weighted by molar-refractivity contribution is 0.298. The smallest absolute Gasteiger partial charge is 0.170 e. The predicted molar refractivity (Wildman–Crippen MR) is 110 cm³/mol. The molecule has 0 bridgehead atoms. The number of benzene rings is 1. The number of pyridine rings is 1. The van der Waals surface area contributed by atoms with Crippen molar-refractivity contribution < 1.29 is 0 Å². The summed E-state index contributed by atoms with van der Waals surface area (Å²) in [4.78, 5) is 6.40. The normalized spacial score (nSPS) is 12.0. The van der Waals surface area contributed by atoms with Gasteiger partial charge in [-0.3, -0.25) is 4.98 Å². The molecule has 0 saturated heterocycles. The van der Waals surface area contributed by atoms with Crippen LogP contribution in [0.15, 0.2) is 42.7 Å². The lowest BCUT2D eigenvalue weighted by Crippen LogP contribution is -2.37. The van der Waals surface area contributed by atoms with Crippen LogP contribution in [0.4, 0.5) is 5.69 Å². The molecule has 2 rings (SSSR count). The molecule has 0 unspecified atom stereocenters. The molecule has 4 nitrogen and oxygen atoms in total. The van der Waals surface area contributed by atoms with Gasteiger partial charge in [0.15, 0.2) is 5.11 Å². The Hall–Kier alpha value is -1.98. The number of aryl methyl sites for hydroxylation is 2.